The van der Waals surface area contributed by atoms with Crippen LogP contribution in [0, 0.1) is 11.8 Å². The lowest BCUT2D eigenvalue weighted by Gasteiger charge is -2.27. The van der Waals surface area contributed by atoms with E-state index in [1.165, 1.54) is 0 Å². The summed E-state index contributed by atoms with van der Waals surface area (Å²) in [5.74, 6) is -3.74. The second-order valence-corrected chi connectivity index (χ2v) is 4.64. The molecule has 0 spiro atoms. The van der Waals surface area contributed by atoms with Crippen LogP contribution in [-0.2, 0) is 9.59 Å². The van der Waals surface area contributed by atoms with Gasteiger partial charge in [-0.3, -0.25) is 9.79 Å². The fourth-order valence-electron chi connectivity index (χ4n) is 2.23. The van der Waals surface area contributed by atoms with Gasteiger partial charge in [-0.05, 0) is 27.7 Å². The number of carboxylic acids is 2. The van der Waals surface area contributed by atoms with E-state index in [-0.39, 0.29) is 5.57 Å². The normalized spacial score (nSPS) is 23.4. The first kappa shape index (κ1) is 14.2. The molecular formula is C13H17NO4. The summed E-state index contributed by atoms with van der Waals surface area (Å²) in [5, 5.41) is 18.5. The monoisotopic (exact) mass is 251 g/mol. The van der Waals surface area contributed by atoms with Crippen LogP contribution < -0.4 is 0 Å². The molecule has 0 aromatic carbocycles. The predicted octanol–water partition coefficient (Wildman–Crippen LogP) is 2.10. The zero-order valence-corrected chi connectivity index (χ0v) is 10.9. The van der Waals surface area contributed by atoms with Crippen LogP contribution in [0.25, 0.3) is 0 Å². The van der Waals surface area contributed by atoms with Crippen LogP contribution in [-0.4, -0.2) is 27.9 Å². The van der Waals surface area contributed by atoms with Crippen LogP contribution in [0.4, 0.5) is 0 Å². The van der Waals surface area contributed by atoms with Gasteiger partial charge in [-0.1, -0.05) is 11.6 Å². The molecule has 0 aliphatic carbocycles. The largest absolute Gasteiger partial charge is 0.481 e. The summed E-state index contributed by atoms with van der Waals surface area (Å²) in [6.07, 6.45) is 1.68. The van der Waals surface area contributed by atoms with Gasteiger partial charge < -0.3 is 10.2 Å². The quantitative estimate of drug-likeness (QED) is 0.752. The molecule has 1 rings (SSSR count). The molecular weight excluding hydrogens is 234 g/mol. The third-order valence-corrected chi connectivity index (χ3v) is 2.89. The number of nitrogens with zero attached hydrogens (tertiary/aromatic N) is 1. The SMILES string of the molecule is CC(C)=CC1C(C(=O)O)=C(C)N=C(C)C1C(=O)O. The van der Waals surface area contributed by atoms with Gasteiger partial charge in [0.15, 0.2) is 0 Å². The average Bonchev–Trinajstić information content (AvgIpc) is 2.13. The molecule has 0 saturated carbocycles. The molecule has 98 valence electrons. The maximum absolute atomic E-state index is 11.3. The van der Waals surface area contributed by atoms with Crippen molar-refractivity contribution in [1.82, 2.24) is 0 Å². The zero-order valence-electron chi connectivity index (χ0n) is 10.9. The molecule has 1 heterocycles. The van der Waals surface area contributed by atoms with Gasteiger partial charge >= 0.3 is 11.9 Å². The van der Waals surface area contributed by atoms with E-state index in [0.29, 0.717) is 11.4 Å². The van der Waals surface area contributed by atoms with Crippen LogP contribution >= 0.6 is 0 Å². The van der Waals surface area contributed by atoms with E-state index in [9.17, 15) is 19.8 Å². The van der Waals surface area contributed by atoms with E-state index in [0.717, 1.165) is 5.57 Å². The van der Waals surface area contributed by atoms with Gasteiger partial charge in [0, 0.05) is 17.3 Å². The minimum atomic E-state index is -1.11. The minimum absolute atomic E-state index is 0.0641. The van der Waals surface area contributed by atoms with Gasteiger partial charge in [0.05, 0.1) is 5.57 Å². The molecule has 0 fully saturated rings. The number of hydrogen-bond donors (Lipinski definition) is 2. The second-order valence-electron chi connectivity index (χ2n) is 4.64. The summed E-state index contributed by atoms with van der Waals surface area (Å²) in [7, 11) is 0. The number of carbonyl (C=O) groups is 2. The first-order valence-corrected chi connectivity index (χ1v) is 5.62. The number of rotatable bonds is 3. The number of aliphatic carboxylic acids is 2. The summed E-state index contributed by atoms with van der Waals surface area (Å²) < 4.78 is 0. The van der Waals surface area contributed by atoms with Crippen molar-refractivity contribution in [3.63, 3.8) is 0 Å². The van der Waals surface area contributed by atoms with E-state index >= 15 is 0 Å². The van der Waals surface area contributed by atoms with E-state index in [1.807, 2.05) is 13.8 Å². The van der Waals surface area contributed by atoms with Crippen molar-refractivity contribution < 1.29 is 19.8 Å². The number of allylic oxidation sites excluding steroid dienone is 3. The summed E-state index contributed by atoms with van der Waals surface area (Å²) in [5.41, 5.74) is 1.76. The van der Waals surface area contributed by atoms with Crippen LogP contribution in [0.1, 0.15) is 27.7 Å². The minimum Gasteiger partial charge on any atom is -0.481 e. The summed E-state index contributed by atoms with van der Waals surface area (Å²) in [6.45, 7) is 6.84. The third-order valence-electron chi connectivity index (χ3n) is 2.89. The Morgan fingerprint density at radius 1 is 1.22 bits per heavy atom. The lowest BCUT2D eigenvalue weighted by atomic mass is 9.79. The van der Waals surface area contributed by atoms with Crippen LogP contribution in [0.2, 0.25) is 0 Å². The fourth-order valence-corrected chi connectivity index (χ4v) is 2.23. The molecule has 0 bridgehead atoms. The molecule has 0 saturated heterocycles. The molecule has 2 N–H and O–H groups in total. The van der Waals surface area contributed by atoms with Gasteiger partial charge in [-0.2, -0.15) is 0 Å². The Kier molecular flexibility index (Phi) is 4.06. The number of carboxylic acid groups (broad SMARTS) is 2. The first-order chi connectivity index (χ1) is 8.25. The van der Waals surface area contributed by atoms with Gasteiger partial charge in [-0.25, -0.2) is 4.79 Å². The molecule has 1 aliphatic rings. The summed E-state index contributed by atoms with van der Waals surface area (Å²) in [4.78, 5) is 26.6. The molecule has 0 radical (unpaired) electrons. The highest BCUT2D eigenvalue weighted by atomic mass is 16.4. The Labute approximate surface area is 106 Å². The third kappa shape index (κ3) is 2.67. The predicted molar refractivity (Wildman–Crippen MR) is 67.5 cm³/mol. The summed E-state index contributed by atoms with van der Waals surface area (Å²) >= 11 is 0. The van der Waals surface area contributed by atoms with Crippen molar-refractivity contribution in [2.24, 2.45) is 16.8 Å². The molecule has 0 amide bonds. The van der Waals surface area contributed by atoms with E-state index < -0.39 is 23.8 Å². The Bertz CT molecular complexity index is 481. The van der Waals surface area contributed by atoms with Crippen molar-refractivity contribution >= 4 is 17.7 Å². The van der Waals surface area contributed by atoms with Crippen molar-refractivity contribution in [1.29, 1.82) is 0 Å². The average molecular weight is 251 g/mol. The zero-order chi connectivity index (χ0) is 14.0. The Hall–Kier alpha value is -1.91. The van der Waals surface area contributed by atoms with Crippen molar-refractivity contribution in [3.8, 4) is 0 Å². The van der Waals surface area contributed by atoms with E-state index in [1.54, 1.807) is 19.9 Å². The molecule has 2 atom stereocenters. The van der Waals surface area contributed by atoms with Crippen LogP contribution in [0.5, 0.6) is 0 Å². The van der Waals surface area contributed by atoms with Gasteiger partial charge in [0.1, 0.15) is 5.92 Å². The highest BCUT2D eigenvalue weighted by Crippen LogP contribution is 2.33. The van der Waals surface area contributed by atoms with Crippen molar-refractivity contribution in [3.05, 3.63) is 22.9 Å². The number of hydrogen-bond acceptors (Lipinski definition) is 3. The Morgan fingerprint density at radius 3 is 2.17 bits per heavy atom. The topological polar surface area (TPSA) is 87.0 Å². The Balaban J connectivity index is 3.43. The molecule has 0 aromatic rings. The van der Waals surface area contributed by atoms with Crippen LogP contribution in [0.15, 0.2) is 27.9 Å². The van der Waals surface area contributed by atoms with Gasteiger partial charge in [0.2, 0.25) is 0 Å². The lowest BCUT2D eigenvalue weighted by Crippen LogP contribution is -2.35. The number of aliphatic imine (C=N–C) groups is 1. The molecule has 0 aromatic heterocycles. The maximum atomic E-state index is 11.3. The Morgan fingerprint density at radius 2 is 1.78 bits per heavy atom. The van der Waals surface area contributed by atoms with Crippen molar-refractivity contribution in [2.45, 2.75) is 27.7 Å². The molecule has 5 heteroatoms. The fraction of sp³-hybridized carbons (Fsp3) is 0.462. The van der Waals surface area contributed by atoms with E-state index in [2.05, 4.69) is 4.99 Å². The molecule has 5 nitrogen and oxygen atoms in total. The second kappa shape index (κ2) is 5.16. The van der Waals surface area contributed by atoms with E-state index in [4.69, 9.17) is 0 Å². The summed E-state index contributed by atoms with van der Waals surface area (Å²) in [6, 6.07) is 0. The molecule has 1 aliphatic heterocycles. The standard InChI is InChI=1S/C13H17NO4/c1-6(2)5-9-10(12(15)16)7(3)14-8(4)11(9)13(17)18/h5,9-10H,1-4H3,(H,15,16)(H,17,18). The molecule has 2 unspecified atom stereocenters. The smallest absolute Gasteiger partial charge is 0.334 e. The highest BCUT2D eigenvalue weighted by Gasteiger charge is 2.38. The molecule has 18 heavy (non-hydrogen) atoms. The van der Waals surface area contributed by atoms with Crippen molar-refractivity contribution in [2.75, 3.05) is 0 Å². The maximum Gasteiger partial charge on any atom is 0.334 e. The first-order valence-electron chi connectivity index (χ1n) is 5.62. The van der Waals surface area contributed by atoms with Crippen LogP contribution in [0.3, 0.4) is 0 Å². The van der Waals surface area contributed by atoms with Gasteiger partial charge in [0.25, 0.3) is 0 Å². The highest BCUT2D eigenvalue weighted by molar-refractivity contribution is 6.05. The lowest BCUT2D eigenvalue weighted by molar-refractivity contribution is -0.140. The van der Waals surface area contributed by atoms with Gasteiger partial charge in [-0.15, -0.1) is 0 Å².